The lowest BCUT2D eigenvalue weighted by Gasteiger charge is -2.34. The van der Waals surface area contributed by atoms with Gasteiger partial charge in [0, 0.05) is 24.6 Å². The van der Waals surface area contributed by atoms with Crippen LogP contribution in [0.1, 0.15) is 37.3 Å². The molecule has 0 radical (unpaired) electrons. The van der Waals surface area contributed by atoms with Gasteiger partial charge in [0.05, 0.1) is 12.2 Å². The molecule has 0 unspecified atom stereocenters. The van der Waals surface area contributed by atoms with Gasteiger partial charge in [0.15, 0.2) is 0 Å². The molecule has 0 spiro atoms. The van der Waals surface area contributed by atoms with Crippen LogP contribution in [-0.4, -0.2) is 35.8 Å². The third kappa shape index (κ3) is 5.36. The zero-order valence-corrected chi connectivity index (χ0v) is 17.6. The summed E-state index contributed by atoms with van der Waals surface area (Å²) in [5, 5.41) is 2.79. The van der Waals surface area contributed by atoms with Gasteiger partial charge in [-0.15, -0.1) is 0 Å². The fourth-order valence-corrected chi connectivity index (χ4v) is 3.68. The highest BCUT2D eigenvalue weighted by Crippen LogP contribution is 2.37. The first-order chi connectivity index (χ1) is 14.9. The van der Waals surface area contributed by atoms with Crippen molar-refractivity contribution in [1.82, 2.24) is 10.2 Å². The fraction of sp³-hybridized carbons (Fsp3) is 0.292. The molecular formula is C24H25FN2O4. The molecule has 6 nitrogen and oxygen atoms in total. The molecule has 0 saturated carbocycles. The molecule has 0 aliphatic carbocycles. The molecule has 1 heterocycles. The van der Waals surface area contributed by atoms with Crippen LogP contribution >= 0.6 is 0 Å². The van der Waals surface area contributed by atoms with Crippen LogP contribution in [0.3, 0.4) is 0 Å². The van der Waals surface area contributed by atoms with Gasteiger partial charge in [0.1, 0.15) is 12.4 Å². The van der Waals surface area contributed by atoms with Crippen molar-refractivity contribution < 1.29 is 23.5 Å². The summed E-state index contributed by atoms with van der Waals surface area (Å²) in [7, 11) is 0. The van der Waals surface area contributed by atoms with E-state index in [1.165, 1.54) is 23.1 Å². The smallest absolute Gasteiger partial charge is 0.336 e. The van der Waals surface area contributed by atoms with Gasteiger partial charge < -0.3 is 15.0 Å². The predicted octanol–water partition coefficient (Wildman–Crippen LogP) is 3.30. The zero-order valence-electron chi connectivity index (χ0n) is 17.6. The first-order valence-corrected chi connectivity index (χ1v) is 10.1. The van der Waals surface area contributed by atoms with Crippen LogP contribution in [0, 0.1) is 5.82 Å². The highest BCUT2D eigenvalue weighted by Gasteiger charge is 2.37. The van der Waals surface area contributed by atoms with Gasteiger partial charge in [-0.05, 0) is 37.1 Å². The number of allylic oxidation sites excluding steroid dienone is 1. The molecule has 0 saturated heterocycles. The summed E-state index contributed by atoms with van der Waals surface area (Å²) in [4.78, 5) is 39.4. The maximum atomic E-state index is 13.8. The summed E-state index contributed by atoms with van der Waals surface area (Å²) in [5.41, 5.74) is 2.07. The van der Waals surface area contributed by atoms with E-state index < -0.39 is 17.7 Å². The van der Waals surface area contributed by atoms with Gasteiger partial charge in [-0.2, -0.15) is 0 Å². The van der Waals surface area contributed by atoms with Crippen LogP contribution in [0.4, 0.5) is 4.39 Å². The van der Waals surface area contributed by atoms with Crippen molar-refractivity contribution in [3.05, 3.63) is 82.8 Å². The van der Waals surface area contributed by atoms with Crippen molar-refractivity contribution >= 4 is 17.8 Å². The lowest BCUT2D eigenvalue weighted by atomic mass is 9.83. The van der Waals surface area contributed by atoms with Gasteiger partial charge in [-0.1, -0.05) is 42.5 Å². The summed E-state index contributed by atoms with van der Waals surface area (Å²) in [5.74, 6) is -2.31. The lowest BCUT2D eigenvalue weighted by molar-refractivity contribution is -0.141. The topological polar surface area (TPSA) is 75.7 Å². The molecule has 2 aromatic rings. The summed E-state index contributed by atoms with van der Waals surface area (Å²) in [6.07, 6.45) is -0.0547. The average molecular weight is 424 g/mol. The van der Waals surface area contributed by atoms with Gasteiger partial charge in [-0.3, -0.25) is 9.59 Å². The van der Waals surface area contributed by atoms with Crippen LogP contribution < -0.4 is 5.32 Å². The van der Waals surface area contributed by atoms with E-state index in [0.29, 0.717) is 17.8 Å². The monoisotopic (exact) mass is 424 g/mol. The number of carbonyl (C=O) groups excluding carboxylic acids is 3. The number of carbonyl (C=O) groups is 3. The first kappa shape index (κ1) is 22.2. The van der Waals surface area contributed by atoms with E-state index in [0.717, 1.165) is 5.56 Å². The first-order valence-electron chi connectivity index (χ1n) is 10.1. The summed E-state index contributed by atoms with van der Waals surface area (Å²) in [6, 6.07) is 15.2. The number of benzene rings is 2. The molecule has 31 heavy (non-hydrogen) atoms. The predicted molar refractivity (Wildman–Crippen MR) is 113 cm³/mol. The molecule has 0 aromatic heterocycles. The average Bonchev–Trinajstić information content (AvgIpc) is 2.75. The van der Waals surface area contributed by atoms with Crippen LogP contribution in [0.2, 0.25) is 0 Å². The van der Waals surface area contributed by atoms with Crippen molar-refractivity contribution in [1.29, 1.82) is 0 Å². The van der Waals surface area contributed by atoms with Crippen molar-refractivity contribution in [3.63, 3.8) is 0 Å². The normalized spacial score (nSPS) is 16.3. The Labute approximate surface area is 180 Å². The second-order valence-electron chi connectivity index (χ2n) is 7.27. The molecule has 7 heteroatoms. The Balaban J connectivity index is 1.84. The molecule has 3 rings (SSSR count). The van der Waals surface area contributed by atoms with Crippen molar-refractivity contribution in [3.8, 4) is 0 Å². The van der Waals surface area contributed by atoms with E-state index in [1.54, 1.807) is 19.9 Å². The number of amides is 2. The van der Waals surface area contributed by atoms with E-state index in [1.807, 2.05) is 30.3 Å². The Morgan fingerprint density at radius 3 is 2.58 bits per heavy atom. The number of halogens is 1. The molecule has 0 bridgehead atoms. The highest BCUT2D eigenvalue weighted by molar-refractivity contribution is 5.97. The number of ether oxygens (including phenoxy) is 1. The SMILES string of the molecule is CCOC(=O)C1=C(C)N(CC(=O)NCc2ccccc2)C(=O)C[C@H]1c1cccc(F)c1. The van der Waals surface area contributed by atoms with Gasteiger partial charge in [-0.25, -0.2) is 9.18 Å². The molecule has 1 aliphatic heterocycles. The molecule has 1 aliphatic rings. The highest BCUT2D eigenvalue weighted by atomic mass is 19.1. The van der Waals surface area contributed by atoms with Crippen molar-refractivity contribution in [2.24, 2.45) is 0 Å². The molecule has 1 N–H and O–H groups in total. The molecule has 2 aromatic carbocycles. The van der Waals surface area contributed by atoms with Crippen LogP contribution in [0.5, 0.6) is 0 Å². The fourth-order valence-electron chi connectivity index (χ4n) is 3.68. The minimum absolute atomic E-state index is 0.0547. The van der Waals surface area contributed by atoms with Crippen LogP contribution in [0.15, 0.2) is 65.9 Å². The largest absolute Gasteiger partial charge is 0.463 e. The quantitative estimate of drug-likeness (QED) is 0.692. The summed E-state index contributed by atoms with van der Waals surface area (Å²) >= 11 is 0. The molecular weight excluding hydrogens is 399 g/mol. The third-order valence-corrected chi connectivity index (χ3v) is 5.20. The standard InChI is InChI=1S/C24H25FN2O4/c1-3-31-24(30)23-16(2)27(15-21(28)26-14-17-8-5-4-6-9-17)22(29)13-20(23)18-10-7-11-19(25)12-18/h4-12,20H,3,13-15H2,1-2H3,(H,26,28)/t20-/m0/s1. The molecule has 2 amide bonds. The Hall–Kier alpha value is -3.48. The maximum Gasteiger partial charge on any atom is 0.336 e. The second-order valence-corrected chi connectivity index (χ2v) is 7.27. The number of esters is 1. The second kappa shape index (κ2) is 10.0. The number of hydrogen-bond acceptors (Lipinski definition) is 4. The lowest BCUT2D eigenvalue weighted by Crippen LogP contribution is -2.44. The van der Waals surface area contributed by atoms with Crippen molar-refractivity contribution in [2.75, 3.05) is 13.2 Å². The maximum absolute atomic E-state index is 13.8. The van der Waals surface area contributed by atoms with E-state index in [2.05, 4.69) is 5.32 Å². The Morgan fingerprint density at radius 2 is 1.90 bits per heavy atom. The zero-order chi connectivity index (χ0) is 22.4. The van der Waals surface area contributed by atoms with E-state index in [-0.39, 0.29) is 37.0 Å². The Bertz CT molecular complexity index is 1000. The Kier molecular flexibility index (Phi) is 7.18. The summed E-state index contributed by atoms with van der Waals surface area (Å²) in [6.45, 7) is 3.59. The van der Waals surface area contributed by atoms with E-state index in [9.17, 15) is 18.8 Å². The van der Waals surface area contributed by atoms with E-state index >= 15 is 0 Å². The molecule has 0 fully saturated rings. The number of nitrogens with one attached hydrogen (secondary N) is 1. The van der Waals surface area contributed by atoms with Gasteiger partial charge >= 0.3 is 5.97 Å². The minimum Gasteiger partial charge on any atom is -0.463 e. The third-order valence-electron chi connectivity index (χ3n) is 5.20. The minimum atomic E-state index is -0.633. The van der Waals surface area contributed by atoms with Gasteiger partial charge in [0.2, 0.25) is 11.8 Å². The number of rotatable bonds is 7. The van der Waals surface area contributed by atoms with Crippen LogP contribution in [0.25, 0.3) is 0 Å². The molecule has 162 valence electrons. The van der Waals surface area contributed by atoms with E-state index in [4.69, 9.17) is 4.74 Å². The van der Waals surface area contributed by atoms with Crippen LogP contribution in [-0.2, 0) is 25.7 Å². The van der Waals surface area contributed by atoms with Crippen molar-refractivity contribution in [2.45, 2.75) is 32.7 Å². The molecule has 1 atom stereocenters. The number of hydrogen-bond donors (Lipinski definition) is 1. The van der Waals surface area contributed by atoms with Gasteiger partial charge in [0.25, 0.3) is 0 Å². The Morgan fingerprint density at radius 1 is 1.16 bits per heavy atom. The summed E-state index contributed by atoms with van der Waals surface area (Å²) < 4.78 is 19.0. The number of nitrogens with zero attached hydrogens (tertiary/aromatic N) is 1.